The average molecular weight is 528 g/mol. The zero-order valence-corrected chi connectivity index (χ0v) is 20.9. The van der Waals surface area contributed by atoms with Gasteiger partial charge >= 0.3 is 0 Å². The van der Waals surface area contributed by atoms with Crippen molar-refractivity contribution in [1.29, 1.82) is 0 Å². The molecule has 1 atom stereocenters. The number of carbonyl (C=O) groups is 2. The summed E-state index contributed by atoms with van der Waals surface area (Å²) in [5.74, 6) is -0.185. The van der Waals surface area contributed by atoms with E-state index in [4.69, 9.17) is 49.0 Å². The monoisotopic (exact) mass is 526 g/mol. The predicted molar refractivity (Wildman–Crippen MR) is 130 cm³/mol. The van der Waals surface area contributed by atoms with Gasteiger partial charge in [0.2, 0.25) is 18.2 Å². The Hall–Kier alpha value is -2.50. The van der Waals surface area contributed by atoms with Crippen LogP contribution in [0, 0.1) is 0 Å². The molecule has 3 aromatic carbocycles. The number of ether oxygens (including phenoxy) is 3. The summed E-state index contributed by atoms with van der Waals surface area (Å²) in [4.78, 5) is 27.9. The maximum absolute atomic E-state index is 14.6. The van der Waals surface area contributed by atoms with Crippen LogP contribution in [0.5, 0.6) is 17.2 Å². The summed E-state index contributed by atoms with van der Waals surface area (Å²) < 4.78 is 30.5. The summed E-state index contributed by atoms with van der Waals surface area (Å²) in [6.07, 6.45) is 0. The Morgan fingerprint density at radius 3 is 1.76 bits per heavy atom. The van der Waals surface area contributed by atoms with Gasteiger partial charge in [-0.1, -0.05) is 71.2 Å². The number of halogens is 3. The highest BCUT2D eigenvalue weighted by atomic mass is 35.5. The molecule has 33 heavy (non-hydrogen) atoms. The fourth-order valence-corrected chi connectivity index (χ4v) is 6.58. The number of hydrogen-bond acceptors (Lipinski definition) is 6. The van der Waals surface area contributed by atoms with Crippen LogP contribution >= 0.6 is 41.9 Å². The summed E-state index contributed by atoms with van der Waals surface area (Å²) >= 11 is 18.8. The Kier molecular flexibility index (Phi) is 7.76. The first-order valence-corrected chi connectivity index (χ1v) is 12.2. The maximum atomic E-state index is 14.6. The molecule has 172 valence electrons. The molecule has 0 amide bonds. The van der Waals surface area contributed by atoms with Crippen molar-refractivity contribution in [2.45, 2.75) is 0 Å². The molecule has 10 heteroatoms. The molecular weight excluding hydrogens is 510 g/mol. The third-order valence-corrected chi connectivity index (χ3v) is 8.36. The van der Waals surface area contributed by atoms with E-state index < -0.39 is 18.2 Å². The molecule has 0 aliphatic carbocycles. The largest absolute Gasteiger partial charge is 0.496 e. The Morgan fingerprint density at radius 2 is 1.24 bits per heavy atom. The minimum atomic E-state index is -4.60. The van der Waals surface area contributed by atoms with Crippen molar-refractivity contribution in [2.24, 2.45) is 0 Å². The molecular formula is C23H18Cl3O6P. The Labute approximate surface area is 205 Å². The van der Waals surface area contributed by atoms with Crippen LogP contribution in [-0.2, 0) is 4.57 Å². The van der Waals surface area contributed by atoms with Gasteiger partial charge in [-0.05, 0) is 18.2 Å². The van der Waals surface area contributed by atoms with Crippen molar-refractivity contribution >= 4 is 58.3 Å². The van der Waals surface area contributed by atoms with Gasteiger partial charge < -0.3 is 18.8 Å². The summed E-state index contributed by atoms with van der Waals surface area (Å²) in [6.45, 7) is 0. The average Bonchev–Trinajstić information content (AvgIpc) is 2.82. The molecule has 6 nitrogen and oxygen atoms in total. The second kappa shape index (κ2) is 10.2. The number of benzene rings is 3. The minimum Gasteiger partial charge on any atom is -0.496 e. The van der Waals surface area contributed by atoms with Gasteiger partial charge in [-0.3, -0.25) is 9.59 Å². The Morgan fingerprint density at radius 1 is 0.697 bits per heavy atom. The lowest BCUT2D eigenvalue weighted by Gasteiger charge is -2.21. The van der Waals surface area contributed by atoms with Gasteiger partial charge in [-0.15, -0.1) is 0 Å². The van der Waals surface area contributed by atoms with Crippen LogP contribution in [0.1, 0.15) is 20.7 Å². The summed E-state index contributed by atoms with van der Waals surface area (Å²) in [5, 5.41) is -0.0726. The van der Waals surface area contributed by atoms with Gasteiger partial charge in [0.1, 0.15) is 11.3 Å². The number of carbonyl (C=O) groups excluding carboxylic acids is 2. The first-order chi connectivity index (χ1) is 15.7. The molecule has 0 fully saturated rings. The lowest BCUT2D eigenvalue weighted by atomic mass is 10.2. The van der Waals surface area contributed by atoms with Crippen LogP contribution in [0.2, 0.25) is 15.1 Å². The quantitative estimate of drug-likeness (QED) is 0.318. The molecule has 0 heterocycles. The molecule has 1 unspecified atom stereocenters. The molecule has 0 saturated carbocycles. The zero-order valence-electron chi connectivity index (χ0n) is 17.7. The second-order valence-corrected chi connectivity index (χ2v) is 10.4. The van der Waals surface area contributed by atoms with E-state index in [9.17, 15) is 14.2 Å². The number of methoxy groups -OCH3 is 3. The number of hydrogen-bond donors (Lipinski definition) is 0. The van der Waals surface area contributed by atoms with Crippen LogP contribution in [0.3, 0.4) is 0 Å². The zero-order chi connectivity index (χ0) is 24.3. The van der Waals surface area contributed by atoms with E-state index in [2.05, 4.69) is 0 Å². The fourth-order valence-electron chi connectivity index (χ4n) is 3.34. The van der Waals surface area contributed by atoms with Crippen molar-refractivity contribution in [3.63, 3.8) is 0 Å². The first-order valence-electron chi connectivity index (χ1n) is 9.40. The number of rotatable bonds is 8. The van der Waals surface area contributed by atoms with Gasteiger partial charge in [-0.25, -0.2) is 0 Å². The van der Waals surface area contributed by atoms with E-state index in [1.165, 1.54) is 51.7 Å². The smallest absolute Gasteiger partial charge is 0.249 e. The van der Waals surface area contributed by atoms with E-state index in [1.54, 1.807) is 24.3 Å². The van der Waals surface area contributed by atoms with Crippen molar-refractivity contribution in [1.82, 2.24) is 0 Å². The summed E-state index contributed by atoms with van der Waals surface area (Å²) in [7, 11) is -0.719. The Bertz CT molecular complexity index is 1250. The van der Waals surface area contributed by atoms with E-state index in [0.717, 1.165) is 0 Å². The molecule has 0 radical (unpaired) electrons. The molecule has 3 rings (SSSR count). The first kappa shape index (κ1) is 25.1. The third kappa shape index (κ3) is 4.36. The van der Waals surface area contributed by atoms with Gasteiger partial charge in [0.25, 0.3) is 0 Å². The molecule has 3 aromatic rings. The normalized spacial score (nSPS) is 12.5. The van der Waals surface area contributed by atoms with Crippen molar-refractivity contribution < 1.29 is 28.4 Å². The topological polar surface area (TPSA) is 78.9 Å². The SMILES string of the molecule is COc1cccc(Cl)c1C(=O)P(=O)(C(=O)c1c(OC)c(Cl)cc(Cl)c1OC)c1ccccc1. The molecule has 0 bridgehead atoms. The highest BCUT2D eigenvalue weighted by Crippen LogP contribution is 2.56. The van der Waals surface area contributed by atoms with Gasteiger partial charge in [0.05, 0.1) is 42.0 Å². The molecule has 0 aliphatic rings. The van der Waals surface area contributed by atoms with E-state index >= 15 is 0 Å². The lowest BCUT2D eigenvalue weighted by molar-refractivity contribution is 0.103. The second-order valence-electron chi connectivity index (χ2n) is 6.65. The van der Waals surface area contributed by atoms with Crippen molar-refractivity contribution in [2.75, 3.05) is 21.3 Å². The van der Waals surface area contributed by atoms with E-state index in [1.807, 2.05) is 0 Å². The fraction of sp³-hybridized carbons (Fsp3) is 0.130. The van der Waals surface area contributed by atoms with Gasteiger partial charge in [0, 0.05) is 5.30 Å². The van der Waals surface area contributed by atoms with E-state index in [0.29, 0.717) is 0 Å². The van der Waals surface area contributed by atoms with Crippen LogP contribution in [0.15, 0.2) is 54.6 Å². The minimum absolute atomic E-state index is 0.0119. The van der Waals surface area contributed by atoms with Crippen LogP contribution in [-0.4, -0.2) is 32.4 Å². The Balaban J connectivity index is 2.40. The van der Waals surface area contributed by atoms with Crippen molar-refractivity contribution in [3.05, 3.63) is 80.8 Å². The summed E-state index contributed by atoms with van der Waals surface area (Å²) in [5.41, 5.74) is -2.59. The predicted octanol–water partition coefficient (Wildman–Crippen LogP) is 6.34. The van der Waals surface area contributed by atoms with Gasteiger partial charge in [0.15, 0.2) is 11.5 Å². The van der Waals surface area contributed by atoms with Gasteiger partial charge in [-0.2, -0.15) is 0 Å². The molecule has 0 N–H and O–H groups in total. The molecule has 0 saturated heterocycles. The standard InChI is InChI=1S/C23H18Cl3O6P/c1-30-17-11-7-10-14(24)18(17)22(27)33(29,13-8-5-4-6-9-13)23(28)19-20(31-2)15(25)12-16(26)21(19)32-3/h4-12H,1-3H3. The molecule has 0 spiro atoms. The third-order valence-electron chi connectivity index (χ3n) is 4.86. The van der Waals surface area contributed by atoms with Crippen LogP contribution in [0.4, 0.5) is 0 Å². The van der Waals surface area contributed by atoms with Crippen LogP contribution in [0.25, 0.3) is 0 Å². The molecule has 0 aliphatic heterocycles. The maximum Gasteiger partial charge on any atom is 0.249 e. The van der Waals surface area contributed by atoms with Crippen LogP contribution < -0.4 is 19.5 Å². The molecule has 0 aromatic heterocycles. The van der Waals surface area contributed by atoms with E-state index in [-0.39, 0.29) is 48.7 Å². The highest BCUT2D eigenvalue weighted by molar-refractivity contribution is 8.01. The highest BCUT2D eigenvalue weighted by Gasteiger charge is 2.47. The summed E-state index contributed by atoms with van der Waals surface area (Å²) in [6, 6.07) is 13.4. The lowest BCUT2D eigenvalue weighted by Crippen LogP contribution is -2.22. The van der Waals surface area contributed by atoms with Crippen molar-refractivity contribution in [3.8, 4) is 17.2 Å².